The number of carboxylic acid groups (broad SMARTS) is 1. The van der Waals surface area contributed by atoms with Crippen LogP contribution in [0.25, 0.3) is 0 Å². The number of carbonyl (C=O) groups is 2. The highest BCUT2D eigenvalue weighted by Crippen LogP contribution is 2.28. The standard InChI is InChI=1S/C7H7BrO4/c1-3-4(2-5(9)10)12-7(11)6(3)8/h4H,2H2,1H3,(H,9,10)/t4-/m0/s1. The van der Waals surface area contributed by atoms with Gasteiger partial charge in [0.2, 0.25) is 0 Å². The second-order valence-electron chi connectivity index (χ2n) is 2.49. The third kappa shape index (κ3) is 1.66. The van der Waals surface area contributed by atoms with Gasteiger partial charge in [-0.05, 0) is 28.4 Å². The molecular formula is C7H7BrO4. The van der Waals surface area contributed by atoms with Crippen molar-refractivity contribution >= 4 is 27.9 Å². The molecular weight excluding hydrogens is 228 g/mol. The lowest BCUT2D eigenvalue weighted by Crippen LogP contribution is -2.15. The van der Waals surface area contributed by atoms with E-state index in [0.717, 1.165) is 0 Å². The van der Waals surface area contributed by atoms with E-state index in [1.165, 1.54) is 0 Å². The number of cyclic esters (lactones) is 1. The van der Waals surface area contributed by atoms with E-state index < -0.39 is 18.0 Å². The number of aliphatic carboxylic acids is 1. The van der Waals surface area contributed by atoms with Crippen LogP contribution in [-0.2, 0) is 14.3 Å². The quantitative estimate of drug-likeness (QED) is 0.726. The summed E-state index contributed by atoms with van der Waals surface area (Å²) in [6.07, 6.45) is -0.781. The van der Waals surface area contributed by atoms with Crippen LogP contribution < -0.4 is 0 Å². The van der Waals surface area contributed by atoms with Crippen LogP contribution in [0.15, 0.2) is 10.1 Å². The molecule has 0 unspecified atom stereocenters. The average molecular weight is 235 g/mol. The van der Waals surface area contributed by atoms with Crippen LogP contribution in [0, 0.1) is 0 Å². The number of hydrogen-bond donors (Lipinski definition) is 1. The first-order chi connectivity index (χ1) is 5.52. The first-order valence-corrected chi connectivity index (χ1v) is 4.10. The maximum Gasteiger partial charge on any atom is 0.345 e. The molecule has 0 saturated heterocycles. The fourth-order valence-electron chi connectivity index (χ4n) is 0.925. The number of ether oxygens (including phenoxy) is 1. The van der Waals surface area contributed by atoms with Crippen molar-refractivity contribution in [3.63, 3.8) is 0 Å². The van der Waals surface area contributed by atoms with Crippen LogP contribution in [-0.4, -0.2) is 23.1 Å². The van der Waals surface area contributed by atoms with Crippen molar-refractivity contribution in [2.24, 2.45) is 0 Å². The molecule has 0 fully saturated rings. The zero-order valence-electron chi connectivity index (χ0n) is 6.33. The van der Waals surface area contributed by atoms with Gasteiger partial charge in [-0.1, -0.05) is 0 Å². The molecule has 0 aromatic heterocycles. The van der Waals surface area contributed by atoms with E-state index in [1.807, 2.05) is 0 Å². The number of halogens is 1. The Bertz CT molecular complexity index is 269. The molecule has 66 valence electrons. The van der Waals surface area contributed by atoms with Crippen molar-refractivity contribution < 1.29 is 19.4 Å². The largest absolute Gasteiger partial charge is 0.481 e. The van der Waals surface area contributed by atoms with Gasteiger partial charge in [-0.3, -0.25) is 4.79 Å². The Morgan fingerprint density at radius 3 is 2.67 bits per heavy atom. The summed E-state index contributed by atoms with van der Waals surface area (Å²) in [6.45, 7) is 1.67. The molecule has 0 spiro atoms. The third-order valence-electron chi connectivity index (χ3n) is 1.62. The molecule has 0 aliphatic carbocycles. The summed E-state index contributed by atoms with van der Waals surface area (Å²) in [6, 6.07) is 0. The van der Waals surface area contributed by atoms with Crippen molar-refractivity contribution in [1.29, 1.82) is 0 Å². The number of carboxylic acids is 1. The molecule has 0 radical (unpaired) electrons. The highest BCUT2D eigenvalue weighted by molar-refractivity contribution is 9.12. The smallest absolute Gasteiger partial charge is 0.345 e. The minimum atomic E-state index is -0.977. The highest BCUT2D eigenvalue weighted by Gasteiger charge is 2.31. The molecule has 4 nitrogen and oxygen atoms in total. The van der Waals surface area contributed by atoms with E-state index in [4.69, 9.17) is 9.84 Å². The summed E-state index contributed by atoms with van der Waals surface area (Å²) in [5, 5.41) is 8.43. The summed E-state index contributed by atoms with van der Waals surface area (Å²) < 4.78 is 5.10. The fourth-order valence-corrected chi connectivity index (χ4v) is 1.27. The number of esters is 1. The normalized spacial score (nSPS) is 22.8. The molecule has 12 heavy (non-hydrogen) atoms. The van der Waals surface area contributed by atoms with Crippen LogP contribution in [0.1, 0.15) is 13.3 Å². The van der Waals surface area contributed by atoms with Gasteiger partial charge < -0.3 is 9.84 Å². The summed E-state index contributed by atoms with van der Waals surface area (Å²) in [5.41, 5.74) is 0.641. The second-order valence-corrected chi connectivity index (χ2v) is 3.28. The van der Waals surface area contributed by atoms with Gasteiger partial charge in [0, 0.05) is 0 Å². The first-order valence-electron chi connectivity index (χ1n) is 3.31. The summed E-state index contributed by atoms with van der Waals surface area (Å²) in [4.78, 5) is 21.1. The summed E-state index contributed by atoms with van der Waals surface area (Å²) >= 11 is 3.01. The van der Waals surface area contributed by atoms with Gasteiger partial charge in [-0.25, -0.2) is 4.79 Å². The van der Waals surface area contributed by atoms with Gasteiger partial charge in [-0.15, -0.1) is 0 Å². The molecule has 0 saturated carbocycles. The van der Waals surface area contributed by atoms with Gasteiger partial charge >= 0.3 is 11.9 Å². The Hall–Kier alpha value is -0.840. The lowest BCUT2D eigenvalue weighted by molar-refractivity contribution is -0.144. The molecule has 1 heterocycles. The third-order valence-corrected chi connectivity index (χ3v) is 2.57. The van der Waals surface area contributed by atoms with E-state index >= 15 is 0 Å². The van der Waals surface area contributed by atoms with Crippen molar-refractivity contribution in [3.05, 3.63) is 10.1 Å². The highest BCUT2D eigenvalue weighted by atomic mass is 79.9. The van der Waals surface area contributed by atoms with Crippen molar-refractivity contribution in [2.45, 2.75) is 19.4 Å². The number of rotatable bonds is 2. The molecule has 1 atom stereocenters. The van der Waals surface area contributed by atoms with Crippen LogP contribution in [0.2, 0.25) is 0 Å². The van der Waals surface area contributed by atoms with E-state index in [0.29, 0.717) is 10.1 Å². The predicted octanol–water partition coefficient (Wildman–Crippen LogP) is 1.06. The molecule has 1 rings (SSSR count). The minimum Gasteiger partial charge on any atom is -0.481 e. The zero-order valence-corrected chi connectivity index (χ0v) is 7.92. The van der Waals surface area contributed by atoms with Crippen molar-refractivity contribution in [1.82, 2.24) is 0 Å². The molecule has 0 amide bonds. The molecule has 5 heteroatoms. The maximum absolute atomic E-state index is 10.9. The van der Waals surface area contributed by atoms with E-state index in [2.05, 4.69) is 15.9 Å². The maximum atomic E-state index is 10.9. The molecule has 1 N–H and O–H groups in total. The Kier molecular flexibility index (Phi) is 2.52. The van der Waals surface area contributed by atoms with Crippen LogP contribution >= 0.6 is 15.9 Å². The lowest BCUT2D eigenvalue weighted by Gasteiger charge is -2.06. The number of carbonyl (C=O) groups excluding carboxylic acids is 1. The van der Waals surface area contributed by atoms with Crippen molar-refractivity contribution in [3.8, 4) is 0 Å². The second kappa shape index (κ2) is 3.26. The average Bonchev–Trinajstić information content (AvgIpc) is 2.17. The van der Waals surface area contributed by atoms with Gasteiger partial charge in [0.15, 0.2) is 0 Å². The molecule has 1 aliphatic rings. The van der Waals surface area contributed by atoms with Crippen LogP contribution in [0.3, 0.4) is 0 Å². The number of hydrogen-bond acceptors (Lipinski definition) is 3. The van der Waals surface area contributed by atoms with Gasteiger partial charge in [0.05, 0.1) is 6.42 Å². The van der Waals surface area contributed by atoms with Crippen LogP contribution in [0.5, 0.6) is 0 Å². The topological polar surface area (TPSA) is 63.6 Å². The zero-order chi connectivity index (χ0) is 9.30. The van der Waals surface area contributed by atoms with E-state index in [9.17, 15) is 9.59 Å². The SMILES string of the molecule is CC1=C(Br)C(=O)O[C@H]1CC(=O)O. The Morgan fingerprint density at radius 1 is 1.75 bits per heavy atom. The Morgan fingerprint density at radius 2 is 2.33 bits per heavy atom. The van der Waals surface area contributed by atoms with E-state index in [1.54, 1.807) is 6.92 Å². The van der Waals surface area contributed by atoms with Gasteiger partial charge in [0.1, 0.15) is 10.6 Å². The Labute approximate surface area is 77.3 Å². The Balaban J connectivity index is 2.73. The fraction of sp³-hybridized carbons (Fsp3) is 0.429. The molecule has 0 aromatic carbocycles. The minimum absolute atomic E-state index is 0.174. The lowest BCUT2D eigenvalue weighted by atomic mass is 10.1. The molecule has 1 aliphatic heterocycles. The molecule has 0 bridgehead atoms. The van der Waals surface area contributed by atoms with Crippen LogP contribution in [0.4, 0.5) is 0 Å². The summed E-state index contributed by atoms with van der Waals surface area (Å²) in [5.74, 6) is -1.46. The monoisotopic (exact) mass is 234 g/mol. The van der Waals surface area contributed by atoms with E-state index in [-0.39, 0.29) is 6.42 Å². The van der Waals surface area contributed by atoms with Crippen molar-refractivity contribution in [2.75, 3.05) is 0 Å². The predicted molar refractivity (Wildman–Crippen MR) is 43.8 cm³/mol. The summed E-state index contributed by atoms with van der Waals surface area (Å²) in [7, 11) is 0. The first kappa shape index (κ1) is 9.25. The van der Waals surface area contributed by atoms with Gasteiger partial charge in [-0.2, -0.15) is 0 Å². The van der Waals surface area contributed by atoms with Gasteiger partial charge in [0.25, 0.3) is 0 Å². The molecule has 0 aromatic rings.